The molecule has 1 amide bonds. The number of sulfonamides is 1. The third-order valence-corrected chi connectivity index (χ3v) is 4.52. The second-order valence-corrected chi connectivity index (χ2v) is 6.70. The van der Waals surface area contributed by atoms with Crippen molar-refractivity contribution in [3.05, 3.63) is 17.7 Å². The highest BCUT2D eigenvalue weighted by molar-refractivity contribution is 7.89. The van der Waals surface area contributed by atoms with E-state index in [1.165, 1.54) is 12.1 Å². The molecule has 0 spiro atoms. The van der Waals surface area contributed by atoms with E-state index in [9.17, 15) is 13.2 Å². The fourth-order valence-corrected chi connectivity index (χ4v) is 2.83. The van der Waals surface area contributed by atoms with E-state index in [4.69, 9.17) is 14.6 Å². The van der Waals surface area contributed by atoms with Crippen molar-refractivity contribution in [1.29, 1.82) is 0 Å². The number of benzene rings is 1. The van der Waals surface area contributed by atoms with Crippen LogP contribution in [0.1, 0.15) is 29.6 Å². The largest absolute Gasteiger partial charge is 0.486 e. The Morgan fingerprint density at radius 2 is 1.95 bits per heavy atom. The lowest BCUT2D eigenvalue weighted by Gasteiger charge is -2.27. The predicted molar refractivity (Wildman–Crippen MR) is 73.9 cm³/mol. The van der Waals surface area contributed by atoms with Gasteiger partial charge in [-0.2, -0.15) is 0 Å². The lowest BCUT2D eigenvalue weighted by molar-refractivity contribution is 0.0905. The molecule has 21 heavy (non-hydrogen) atoms. The summed E-state index contributed by atoms with van der Waals surface area (Å²) in [6, 6.07) is 2.65. The number of primary sulfonamides is 1. The quantitative estimate of drug-likeness (QED) is 0.839. The van der Waals surface area contributed by atoms with Crippen LogP contribution in [0.5, 0.6) is 11.5 Å². The number of rotatable bonds is 3. The van der Waals surface area contributed by atoms with E-state index in [1.54, 1.807) is 0 Å². The molecule has 2 aliphatic rings. The number of nitrogens with one attached hydrogen (secondary N) is 1. The Morgan fingerprint density at radius 3 is 2.57 bits per heavy atom. The molecule has 1 saturated carbocycles. The molecule has 3 N–H and O–H groups in total. The minimum atomic E-state index is -3.93. The highest BCUT2D eigenvalue weighted by Gasteiger charge is 2.27. The zero-order valence-corrected chi connectivity index (χ0v) is 12.1. The second-order valence-electron chi connectivity index (χ2n) is 5.14. The molecule has 0 saturated heterocycles. The van der Waals surface area contributed by atoms with Crippen LogP contribution >= 0.6 is 0 Å². The minimum absolute atomic E-state index is 0.135. The molecule has 1 aromatic rings. The number of amides is 1. The molecule has 114 valence electrons. The Balaban J connectivity index is 2.01. The van der Waals surface area contributed by atoms with E-state index < -0.39 is 10.0 Å². The fraction of sp³-hybridized carbons (Fsp3) is 0.462. The first-order valence-corrected chi connectivity index (χ1v) is 8.27. The van der Waals surface area contributed by atoms with Gasteiger partial charge < -0.3 is 14.8 Å². The highest BCUT2D eigenvalue weighted by Crippen LogP contribution is 2.36. The zero-order chi connectivity index (χ0) is 15.0. The molecule has 7 nitrogen and oxygen atoms in total. The van der Waals surface area contributed by atoms with Crippen molar-refractivity contribution < 1.29 is 22.7 Å². The molecular formula is C13H16N2O5S. The van der Waals surface area contributed by atoms with Gasteiger partial charge in [-0.25, -0.2) is 13.6 Å². The Kier molecular flexibility index (Phi) is 3.50. The van der Waals surface area contributed by atoms with Crippen molar-refractivity contribution in [1.82, 2.24) is 5.32 Å². The molecule has 0 bridgehead atoms. The number of ether oxygens (including phenoxy) is 2. The summed E-state index contributed by atoms with van der Waals surface area (Å²) in [5.74, 6) is 0.129. The Bertz CT molecular complexity index is 682. The minimum Gasteiger partial charge on any atom is -0.486 e. The lowest BCUT2D eigenvalue weighted by atomic mass is 9.93. The summed E-state index contributed by atoms with van der Waals surface area (Å²) in [5, 5.41) is 7.99. The molecule has 8 heteroatoms. The van der Waals surface area contributed by atoms with Gasteiger partial charge in [0.1, 0.15) is 13.2 Å². The summed E-state index contributed by atoms with van der Waals surface area (Å²) in [7, 11) is -3.93. The number of carbonyl (C=O) groups is 1. The van der Waals surface area contributed by atoms with E-state index in [-0.39, 0.29) is 33.9 Å². The lowest BCUT2D eigenvalue weighted by Crippen LogP contribution is -2.39. The zero-order valence-electron chi connectivity index (χ0n) is 11.3. The van der Waals surface area contributed by atoms with Gasteiger partial charge in [0.15, 0.2) is 11.5 Å². The van der Waals surface area contributed by atoms with Crippen molar-refractivity contribution in [2.45, 2.75) is 30.2 Å². The predicted octanol–water partition coefficient (Wildman–Crippen LogP) is 0.388. The van der Waals surface area contributed by atoms with Crippen molar-refractivity contribution in [2.75, 3.05) is 13.2 Å². The maximum atomic E-state index is 12.3. The number of hydrogen-bond donors (Lipinski definition) is 2. The number of hydrogen-bond acceptors (Lipinski definition) is 5. The van der Waals surface area contributed by atoms with Gasteiger partial charge in [-0.15, -0.1) is 0 Å². The van der Waals surface area contributed by atoms with E-state index in [1.807, 2.05) is 0 Å². The SMILES string of the molecule is NS(=O)(=O)c1cc2c(c(C(=O)NC3CCC3)c1)OCCO2. The van der Waals surface area contributed by atoms with Crippen molar-refractivity contribution >= 4 is 15.9 Å². The Labute approximate surface area is 122 Å². The monoisotopic (exact) mass is 312 g/mol. The van der Waals surface area contributed by atoms with E-state index in [2.05, 4.69) is 5.32 Å². The third-order valence-electron chi connectivity index (χ3n) is 3.63. The van der Waals surface area contributed by atoms with Crippen LogP contribution in [-0.4, -0.2) is 33.6 Å². The van der Waals surface area contributed by atoms with Crippen LogP contribution in [0.15, 0.2) is 17.0 Å². The van der Waals surface area contributed by atoms with Gasteiger partial charge in [-0.3, -0.25) is 4.79 Å². The maximum Gasteiger partial charge on any atom is 0.255 e. The van der Waals surface area contributed by atoms with Crippen LogP contribution < -0.4 is 19.9 Å². The van der Waals surface area contributed by atoms with Gasteiger partial charge in [-0.1, -0.05) is 0 Å². The van der Waals surface area contributed by atoms with E-state index in [0.717, 1.165) is 19.3 Å². The molecule has 0 atom stereocenters. The van der Waals surface area contributed by atoms with E-state index in [0.29, 0.717) is 13.2 Å². The Morgan fingerprint density at radius 1 is 1.24 bits per heavy atom. The normalized spacial score (nSPS) is 18.0. The Hall–Kier alpha value is -1.80. The number of carbonyl (C=O) groups excluding carboxylic acids is 1. The first-order chi connectivity index (χ1) is 9.95. The molecule has 1 fully saturated rings. The highest BCUT2D eigenvalue weighted by atomic mass is 32.2. The smallest absolute Gasteiger partial charge is 0.255 e. The molecule has 1 aromatic carbocycles. The van der Waals surface area contributed by atoms with Crippen molar-refractivity contribution in [3.63, 3.8) is 0 Å². The molecule has 3 rings (SSSR count). The van der Waals surface area contributed by atoms with Gasteiger partial charge in [0.25, 0.3) is 5.91 Å². The first kappa shape index (κ1) is 14.2. The maximum absolute atomic E-state index is 12.3. The third kappa shape index (κ3) is 2.81. The molecule has 0 radical (unpaired) electrons. The van der Waals surface area contributed by atoms with Crippen LogP contribution in [0.2, 0.25) is 0 Å². The van der Waals surface area contributed by atoms with Gasteiger partial charge in [0.05, 0.1) is 10.5 Å². The first-order valence-electron chi connectivity index (χ1n) is 6.72. The molecule has 1 aliphatic carbocycles. The van der Waals surface area contributed by atoms with Crippen LogP contribution in [0.3, 0.4) is 0 Å². The average Bonchev–Trinajstić information content (AvgIpc) is 2.40. The summed E-state index contributed by atoms with van der Waals surface area (Å²) in [6.45, 7) is 0.607. The number of nitrogens with two attached hydrogens (primary N) is 1. The van der Waals surface area contributed by atoms with Gasteiger partial charge >= 0.3 is 0 Å². The molecule has 0 aromatic heterocycles. The van der Waals surface area contributed by atoms with Gasteiger partial charge in [0, 0.05) is 12.1 Å². The van der Waals surface area contributed by atoms with Gasteiger partial charge in [-0.05, 0) is 25.3 Å². The van der Waals surface area contributed by atoms with Crippen LogP contribution in [0.25, 0.3) is 0 Å². The molecular weight excluding hydrogens is 296 g/mol. The van der Waals surface area contributed by atoms with Crippen molar-refractivity contribution in [3.8, 4) is 11.5 Å². The van der Waals surface area contributed by atoms with Gasteiger partial charge in [0.2, 0.25) is 10.0 Å². The van der Waals surface area contributed by atoms with Crippen LogP contribution in [0.4, 0.5) is 0 Å². The molecule has 0 unspecified atom stereocenters. The van der Waals surface area contributed by atoms with Crippen molar-refractivity contribution in [2.24, 2.45) is 5.14 Å². The van der Waals surface area contributed by atoms with Crippen LogP contribution in [-0.2, 0) is 10.0 Å². The summed E-state index contributed by atoms with van der Waals surface area (Å²) in [5.41, 5.74) is 0.142. The summed E-state index contributed by atoms with van der Waals surface area (Å²) >= 11 is 0. The summed E-state index contributed by atoms with van der Waals surface area (Å²) in [4.78, 5) is 12.2. The topological polar surface area (TPSA) is 108 Å². The average molecular weight is 312 g/mol. The second kappa shape index (κ2) is 5.19. The molecule has 1 aliphatic heterocycles. The fourth-order valence-electron chi connectivity index (χ4n) is 2.28. The molecule has 1 heterocycles. The summed E-state index contributed by atoms with van der Waals surface area (Å²) < 4.78 is 33.9. The number of fused-ring (bicyclic) bond motifs is 1. The van der Waals surface area contributed by atoms with E-state index >= 15 is 0 Å². The van der Waals surface area contributed by atoms with Crippen LogP contribution in [0, 0.1) is 0 Å². The summed E-state index contributed by atoms with van der Waals surface area (Å²) in [6.07, 6.45) is 2.94. The standard InChI is InChI=1S/C13H16N2O5S/c14-21(17,18)9-6-10(13(16)15-8-2-1-3-8)12-11(7-9)19-4-5-20-12/h6-8H,1-5H2,(H,15,16)(H2,14,17,18).